The van der Waals surface area contributed by atoms with Crippen molar-refractivity contribution in [3.63, 3.8) is 0 Å². The summed E-state index contributed by atoms with van der Waals surface area (Å²) in [5.41, 5.74) is 1.51. The Labute approximate surface area is 108 Å². The molecule has 0 aromatic carbocycles. The fourth-order valence-corrected chi connectivity index (χ4v) is 3.08. The number of carboxylic acids is 1. The highest BCUT2D eigenvalue weighted by atomic mass is 16.4. The van der Waals surface area contributed by atoms with Crippen molar-refractivity contribution in [1.82, 2.24) is 9.78 Å². The number of hydrogen-bond acceptors (Lipinski definition) is 2. The second-order valence-corrected chi connectivity index (χ2v) is 5.71. The van der Waals surface area contributed by atoms with E-state index in [2.05, 4.69) is 18.9 Å². The van der Waals surface area contributed by atoms with Gasteiger partial charge in [0.05, 0.1) is 11.1 Å². The number of nitrogens with zero attached hydrogens (tertiary/aromatic N) is 2. The third-order valence-corrected chi connectivity index (χ3v) is 4.22. The number of carbonyl (C=O) groups is 1. The monoisotopic (exact) mass is 250 g/mol. The molecule has 1 fully saturated rings. The minimum Gasteiger partial charge on any atom is -0.481 e. The lowest BCUT2D eigenvalue weighted by atomic mass is 9.81. The Morgan fingerprint density at radius 3 is 2.83 bits per heavy atom. The molecule has 0 bridgehead atoms. The van der Waals surface area contributed by atoms with Crippen LogP contribution in [0.1, 0.15) is 44.5 Å². The number of rotatable bonds is 4. The zero-order chi connectivity index (χ0) is 13.3. The summed E-state index contributed by atoms with van der Waals surface area (Å²) in [4.78, 5) is 11.6. The number of carboxylic acid groups (broad SMARTS) is 1. The highest BCUT2D eigenvalue weighted by molar-refractivity contribution is 5.75. The predicted octanol–water partition coefficient (Wildman–Crippen LogP) is 2.42. The summed E-state index contributed by atoms with van der Waals surface area (Å²) in [5.74, 6) is -0.133. The minimum absolute atomic E-state index is 0.514. The number of aryl methyl sites for hydroxylation is 2. The van der Waals surface area contributed by atoms with Gasteiger partial charge in [-0.3, -0.25) is 9.48 Å². The van der Waals surface area contributed by atoms with Crippen molar-refractivity contribution in [3.05, 3.63) is 17.5 Å². The Kier molecular flexibility index (Phi) is 3.46. The van der Waals surface area contributed by atoms with Crippen LogP contribution in [0, 0.1) is 11.3 Å². The molecule has 1 aromatic heterocycles. The van der Waals surface area contributed by atoms with Gasteiger partial charge in [-0.1, -0.05) is 13.8 Å². The lowest BCUT2D eigenvalue weighted by molar-refractivity contribution is -0.148. The molecule has 0 radical (unpaired) electrons. The average molecular weight is 250 g/mol. The van der Waals surface area contributed by atoms with E-state index in [1.54, 1.807) is 0 Å². The lowest BCUT2D eigenvalue weighted by Crippen LogP contribution is -2.31. The molecule has 1 heterocycles. The molecule has 1 aromatic rings. The van der Waals surface area contributed by atoms with Gasteiger partial charge in [0, 0.05) is 19.2 Å². The van der Waals surface area contributed by atoms with Crippen molar-refractivity contribution < 1.29 is 9.90 Å². The lowest BCUT2D eigenvalue weighted by Gasteiger charge is -2.24. The zero-order valence-electron chi connectivity index (χ0n) is 11.4. The normalized spacial score (nSPS) is 27.6. The molecule has 4 nitrogen and oxygen atoms in total. The molecule has 4 heteroatoms. The second kappa shape index (κ2) is 4.75. The molecule has 18 heavy (non-hydrogen) atoms. The van der Waals surface area contributed by atoms with Crippen LogP contribution in [0.25, 0.3) is 0 Å². The van der Waals surface area contributed by atoms with E-state index in [4.69, 9.17) is 0 Å². The van der Waals surface area contributed by atoms with Crippen molar-refractivity contribution in [2.75, 3.05) is 0 Å². The third kappa shape index (κ3) is 2.28. The Bertz CT molecular complexity index is 453. The van der Waals surface area contributed by atoms with Gasteiger partial charge in [0.25, 0.3) is 0 Å². The fourth-order valence-electron chi connectivity index (χ4n) is 3.08. The first-order valence-electron chi connectivity index (χ1n) is 6.72. The van der Waals surface area contributed by atoms with E-state index in [1.807, 2.05) is 17.8 Å². The molecule has 100 valence electrons. The van der Waals surface area contributed by atoms with Crippen LogP contribution in [0.3, 0.4) is 0 Å². The van der Waals surface area contributed by atoms with Gasteiger partial charge >= 0.3 is 5.97 Å². The van der Waals surface area contributed by atoms with Crippen LogP contribution in [-0.4, -0.2) is 20.9 Å². The Morgan fingerprint density at radius 1 is 1.67 bits per heavy atom. The third-order valence-electron chi connectivity index (χ3n) is 4.22. The van der Waals surface area contributed by atoms with Crippen LogP contribution < -0.4 is 0 Å². The Morgan fingerprint density at radius 2 is 2.39 bits per heavy atom. The summed E-state index contributed by atoms with van der Waals surface area (Å²) < 4.78 is 1.84. The van der Waals surface area contributed by atoms with Gasteiger partial charge in [0.1, 0.15) is 0 Å². The molecular formula is C14H22N2O2. The molecule has 2 atom stereocenters. The average Bonchev–Trinajstić information content (AvgIpc) is 2.85. The van der Waals surface area contributed by atoms with Crippen LogP contribution >= 0.6 is 0 Å². The Balaban J connectivity index is 2.24. The molecule has 0 amide bonds. The molecule has 1 aliphatic carbocycles. The van der Waals surface area contributed by atoms with Crippen LogP contribution in [0.5, 0.6) is 0 Å². The van der Waals surface area contributed by atoms with Gasteiger partial charge in [0.2, 0.25) is 0 Å². The van der Waals surface area contributed by atoms with Crippen LogP contribution in [0.15, 0.2) is 6.07 Å². The van der Waals surface area contributed by atoms with Crippen LogP contribution in [0.2, 0.25) is 0 Å². The SMILES string of the molecule is CCc1cc(CC2(C(=O)O)CCC(C)C2)n(C)n1. The first-order valence-corrected chi connectivity index (χ1v) is 6.72. The molecule has 0 aliphatic heterocycles. The first-order chi connectivity index (χ1) is 8.47. The molecule has 1 saturated carbocycles. The van der Waals surface area contributed by atoms with E-state index in [1.165, 1.54) is 0 Å². The summed E-state index contributed by atoms with van der Waals surface area (Å²) in [6.45, 7) is 4.21. The van der Waals surface area contributed by atoms with Crippen molar-refractivity contribution in [2.45, 2.75) is 46.0 Å². The van der Waals surface area contributed by atoms with Crippen molar-refractivity contribution in [3.8, 4) is 0 Å². The van der Waals surface area contributed by atoms with E-state index in [-0.39, 0.29) is 0 Å². The van der Waals surface area contributed by atoms with Gasteiger partial charge in [-0.25, -0.2) is 0 Å². The van der Waals surface area contributed by atoms with Crippen LogP contribution in [0.4, 0.5) is 0 Å². The van der Waals surface area contributed by atoms with Crippen molar-refractivity contribution in [1.29, 1.82) is 0 Å². The molecule has 0 saturated heterocycles. The molecular weight excluding hydrogens is 228 g/mol. The van der Waals surface area contributed by atoms with Gasteiger partial charge in [-0.15, -0.1) is 0 Å². The number of aliphatic carboxylic acids is 1. The van der Waals surface area contributed by atoms with Gasteiger partial charge in [-0.05, 0) is 37.7 Å². The van der Waals surface area contributed by atoms with Gasteiger partial charge < -0.3 is 5.11 Å². The highest BCUT2D eigenvalue weighted by Crippen LogP contribution is 2.44. The van der Waals surface area contributed by atoms with E-state index in [0.29, 0.717) is 12.3 Å². The van der Waals surface area contributed by atoms with E-state index < -0.39 is 11.4 Å². The number of hydrogen-bond donors (Lipinski definition) is 1. The van der Waals surface area contributed by atoms with Gasteiger partial charge in [-0.2, -0.15) is 5.10 Å². The zero-order valence-corrected chi connectivity index (χ0v) is 11.4. The quantitative estimate of drug-likeness (QED) is 0.892. The summed E-state index contributed by atoms with van der Waals surface area (Å²) in [5, 5.41) is 14.0. The standard InChI is InChI=1S/C14H22N2O2/c1-4-11-7-12(16(3)15-11)9-14(13(17)18)6-5-10(2)8-14/h7,10H,4-6,8-9H2,1-3H3,(H,17,18). The van der Waals surface area contributed by atoms with Crippen LogP contribution in [-0.2, 0) is 24.7 Å². The summed E-state index contributed by atoms with van der Waals surface area (Å²) in [7, 11) is 1.91. The predicted molar refractivity (Wildman–Crippen MR) is 69.4 cm³/mol. The maximum Gasteiger partial charge on any atom is 0.310 e. The molecule has 2 rings (SSSR count). The maximum atomic E-state index is 11.6. The highest BCUT2D eigenvalue weighted by Gasteiger charge is 2.44. The molecule has 2 unspecified atom stereocenters. The first kappa shape index (κ1) is 13.1. The van der Waals surface area contributed by atoms with E-state index in [0.717, 1.165) is 37.1 Å². The summed E-state index contributed by atoms with van der Waals surface area (Å²) in [6, 6.07) is 2.05. The minimum atomic E-state index is -0.647. The number of aromatic nitrogens is 2. The van der Waals surface area contributed by atoms with Crippen molar-refractivity contribution >= 4 is 5.97 Å². The largest absolute Gasteiger partial charge is 0.481 e. The topological polar surface area (TPSA) is 55.1 Å². The van der Waals surface area contributed by atoms with Gasteiger partial charge in [0.15, 0.2) is 0 Å². The molecule has 0 spiro atoms. The molecule has 1 aliphatic rings. The summed E-state index contributed by atoms with van der Waals surface area (Å²) >= 11 is 0. The molecule has 1 N–H and O–H groups in total. The maximum absolute atomic E-state index is 11.6. The smallest absolute Gasteiger partial charge is 0.310 e. The van der Waals surface area contributed by atoms with E-state index in [9.17, 15) is 9.90 Å². The second-order valence-electron chi connectivity index (χ2n) is 5.71. The summed E-state index contributed by atoms with van der Waals surface area (Å²) in [6.07, 6.45) is 4.09. The van der Waals surface area contributed by atoms with E-state index >= 15 is 0 Å². The Hall–Kier alpha value is -1.32. The fraction of sp³-hybridized carbons (Fsp3) is 0.714. The van der Waals surface area contributed by atoms with Crippen molar-refractivity contribution in [2.24, 2.45) is 18.4 Å².